The molecule has 0 aromatic rings. The van der Waals surface area contributed by atoms with Crippen LogP contribution in [0.3, 0.4) is 0 Å². The molecule has 0 aromatic heterocycles. The third kappa shape index (κ3) is 1.55. The molecule has 2 N–H and O–H groups in total. The summed E-state index contributed by atoms with van der Waals surface area (Å²) in [6.07, 6.45) is 2.17. The zero-order valence-electron chi connectivity index (χ0n) is 6.79. The molecule has 0 spiro atoms. The topological polar surface area (TPSA) is 35.5 Å². The molecule has 2 atom stereocenters. The number of nitrogens with one attached hydrogen (secondary N) is 1. The maximum absolute atomic E-state index is 9.30. The molecule has 2 aliphatic heterocycles. The van der Waals surface area contributed by atoms with Crippen molar-refractivity contribution < 1.29 is 5.11 Å². The molecule has 2 rings (SSSR count). The zero-order valence-corrected chi connectivity index (χ0v) is 6.79. The minimum atomic E-state index is -0.0596. The number of rotatable bonds is 1. The Morgan fingerprint density at radius 3 is 2.82 bits per heavy atom. The average molecular weight is 156 g/mol. The minimum absolute atomic E-state index is 0.0596. The van der Waals surface area contributed by atoms with E-state index in [9.17, 15) is 5.11 Å². The van der Waals surface area contributed by atoms with Crippen LogP contribution in [0, 0.1) is 0 Å². The number of aliphatic hydroxyl groups is 1. The number of aliphatic hydroxyl groups excluding tert-OH is 1. The van der Waals surface area contributed by atoms with Crippen molar-refractivity contribution in [3.8, 4) is 0 Å². The van der Waals surface area contributed by atoms with Crippen molar-refractivity contribution in [1.29, 1.82) is 0 Å². The molecule has 2 heterocycles. The van der Waals surface area contributed by atoms with Crippen LogP contribution in [-0.4, -0.2) is 48.3 Å². The molecule has 2 saturated heterocycles. The van der Waals surface area contributed by atoms with Gasteiger partial charge in [-0.2, -0.15) is 0 Å². The first kappa shape index (κ1) is 7.53. The summed E-state index contributed by atoms with van der Waals surface area (Å²) in [5.41, 5.74) is 0. The maximum atomic E-state index is 9.30. The highest BCUT2D eigenvalue weighted by atomic mass is 16.3. The first-order valence-electron chi connectivity index (χ1n) is 4.49. The molecule has 0 radical (unpaired) electrons. The number of likely N-dealkylation sites (tertiary alicyclic amines) is 1. The number of hydrogen-bond acceptors (Lipinski definition) is 3. The lowest BCUT2D eigenvalue weighted by Gasteiger charge is -2.21. The molecule has 0 unspecified atom stereocenters. The van der Waals surface area contributed by atoms with Gasteiger partial charge in [0.15, 0.2) is 0 Å². The van der Waals surface area contributed by atoms with Gasteiger partial charge in [-0.3, -0.25) is 4.90 Å². The maximum Gasteiger partial charge on any atom is 0.0679 e. The van der Waals surface area contributed by atoms with Gasteiger partial charge in [-0.25, -0.2) is 0 Å². The van der Waals surface area contributed by atoms with E-state index in [0.29, 0.717) is 6.04 Å². The van der Waals surface area contributed by atoms with E-state index in [0.717, 1.165) is 32.6 Å². The Morgan fingerprint density at radius 2 is 2.27 bits per heavy atom. The summed E-state index contributed by atoms with van der Waals surface area (Å²) in [5, 5.41) is 12.6. The molecule has 0 saturated carbocycles. The molecule has 2 fully saturated rings. The highest BCUT2D eigenvalue weighted by molar-refractivity contribution is 4.85. The molecule has 64 valence electrons. The highest BCUT2D eigenvalue weighted by Crippen LogP contribution is 2.16. The minimum Gasteiger partial charge on any atom is -0.392 e. The quantitative estimate of drug-likeness (QED) is 0.533. The van der Waals surface area contributed by atoms with Gasteiger partial charge in [-0.1, -0.05) is 0 Å². The summed E-state index contributed by atoms with van der Waals surface area (Å²) < 4.78 is 0. The van der Waals surface area contributed by atoms with Gasteiger partial charge < -0.3 is 10.4 Å². The van der Waals surface area contributed by atoms with Gasteiger partial charge in [-0.15, -0.1) is 0 Å². The monoisotopic (exact) mass is 156 g/mol. The summed E-state index contributed by atoms with van der Waals surface area (Å²) in [4.78, 5) is 2.41. The van der Waals surface area contributed by atoms with Crippen molar-refractivity contribution in [3.63, 3.8) is 0 Å². The van der Waals surface area contributed by atoms with Gasteiger partial charge in [0, 0.05) is 25.7 Å². The fourth-order valence-corrected chi connectivity index (χ4v) is 2.05. The predicted molar refractivity (Wildman–Crippen MR) is 43.5 cm³/mol. The van der Waals surface area contributed by atoms with Gasteiger partial charge in [0.25, 0.3) is 0 Å². The number of β-amino-alcohol motifs (C(OH)–C–C–N with tert-alkyl or cyclic N) is 1. The first-order valence-corrected chi connectivity index (χ1v) is 4.49. The fourth-order valence-electron chi connectivity index (χ4n) is 2.05. The van der Waals surface area contributed by atoms with Crippen LogP contribution in [-0.2, 0) is 0 Å². The summed E-state index contributed by atoms with van der Waals surface area (Å²) in [6.45, 7) is 4.25. The van der Waals surface area contributed by atoms with Gasteiger partial charge >= 0.3 is 0 Å². The van der Waals surface area contributed by atoms with Crippen LogP contribution < -0.4 is 5.32 Å². The first-order chi connectivity index (χ1) is 5.36. The van der Waals surface area contributed by atoms with E-state index in [-0.39, 0.29) is 6.10 Å². The van der Waals surface area contributed by atoms with E-state index < -0.39 is 0 Å². The van der Waals surface area contributed by atoms with Gasteiger partial charge in [0.1, 0.15) is 0 Å². The molecule has 0 aromatic carbocycles. The standard InChI is InChI=1S/C8H16N2O/c11-8-2-4-10(6-8)7-1-3-9-5-7/h7-9,11H,1-6H2/t7-,8-/m0/s1. The van der Waals surface area contributed by atoms with E-state index in [4.69, 9.17) is 0 Å². The molecule has 0 aliphatic carbocycles. The normalized spacial score (nSPS) is 40.1. The lowest BCUT2D eigenvalue weighted by atomic mass is 10.2. The third-order valence-electron chi connectivity index (χ3n) is 2.75. The highest BCUT2D eigenvalue weighted by Gasteiger charge is 2.28. The molecular weight excluding hydrogens is 140 g/mol. The Kier molecular flexibility index (Phi) is 2.11. The van der Waals surface area contributed by atoms with Gasteiger partial charge in [0.05, 0.1) is 6.10 Å². The largest absolute Gasteiger partial charge is 0.392 e. The van der Waals surface area contributed by atoms with E-state index in [1.54, 1.807) is 0 Å². The van der Waals surface area contributed by atoms with Gasteiger partial charge in [0.2, 0.25) is 0 Å². The Balaban J connectivity index is 1.85. The molecule has 0 amide bonds. The third-order valence-corrected chi connectivity index (χ3v) is 2.75. The SMILES string of the molecule is O[C@H]1CCN([C@H]2CCNC2)C1. The summed E-state index contributed by atoms with van der Waals surface area (Å²) in [5.74, 6) is 0. The second-order valence-electron chi connectivity index (χ2n) is 3.58. The van der Waals surface area contributed by atoms with Crippen LogP contribution in [0.15, 0.2) is 0 Å². The second-order valence-corrected chi connectivity index (χ2v) is 3.58. The molecule has 0 bridgehead atoms. The molecule has 11 heavy (non-hydrogen) atoms. The Morgan fingerprint density at radius 1 is 1.36 bits per heavy atom. The van der Waals surface area contributed by atoms with E-state index in [1.807, 2.05) is 0 Å². The lowest BCUT2D eigenvalue weighted by Crippen LogP contribution is -2.35. The van der Waals surface area contributed by atoms with Crippen molar-refractivity contribution in [2.24, 2.45) is 0 Å². The Labute approximate surface area is 67.4 Å². The van der Waals surface area contributed by atoms with Crippen LogP contribution >= 0.6 is 0 Å². The fraction of sp³-hybridized carbons (Fsp3) is 1.00. The molecule has 3 nitrogen and oxygen atoms in total. The smallest absolute Gasteiger partial charge is 0.0679 e. The number of hydrogen-bond donors (Lipinski definition) is 2. The van der Waals surface area contributed by atoms with Crippen LogP contribution in [0.1, 0.15) is 12.8 Å². The average Bonchev–Trinajstić information content (AvgIpc) is 2.55. The lowest BCUT2D eigenvalue weighted by molar-refractivity contribution is 0.163. The predicted octanol–water partition coefficient (Wildman–Crippen LogP) is -0.585. The van der Waals surface area contributed by atoms with Crippen molar-refractivity contribution >= 4 is 0 Å². The molecule has 2 aliphatic rings. The van der Waals surface area contributed by atoms with Crippen LogP contribution in [0.5, 0.6) is 0 Å². The zero-order chi connectivity index (χ0) is 7.68. The summed E-state index contributed by atoms with van der Waals surface area (Å²) in [7, 11) is 0. The van der Waals surface area contributed by atoms with Crippen molar-refractivity contribution in [3.05, 3.63) is 0 Å². The molecular formula is C8H16N2O. The van der Waals surface area contributed by atoms with E-state index in [1.165, 1.54) is 6.42 Å². The van der Waals surface area contributed by atoms with Gasteiger partial charge in [-0.05, 0) is 19.4 Å². The van der Waals surface area contributed by atoms with E-state index >= 15 is 0 Å². The van der Waals surface area contributed by atoms with Crippen molar-refractivity contribution in [2.75, 3.05) is 26.2 Å². The number of nitrogens with zero attached hydrogens (tertiary/aromatic N) is 1. The Hall–Kier alpha value is -0.120. The second kappa shape index (κ2) is 3.09. The summed E-state index contributed by atoms with van der Waals surface area (Å²) >= 11 is 0. The Bertz CT molecular complexity index is 134. The van der Waals surface area contributed by atoms with Crippen molar-refractivity contribution in [1.82, 2.24) is 10.2 Å². The van der Waals surface area contributed by atoms with E-state index in [2.05, 4.69) is 10.2 Å². The van der Waals surface area contributed by atoms with Crippen molar-refractivity contribution in [2.45, 2.75) is 25.0 Å². The van der Waals surface area contributed by atoms with Crippen LogP contribution in [0.25, 0.3) is 0 Å². The summed E-state index contributed by atoms with van der Waals surface area (Å²) in [6, 6.07) is 0.701. The van der Waals surface area contributed by atoms with Crippen LogP contribution in [0.4, 0.5) is 0 Å². The molecule has 3 heteroatoms. The van der Waals surface area contributed by atoms with Crippen LogP contribution in [0.2, 0.25) is 0 Å².